The second-order valence-electron chi connectivity index (χ2n) is 4.72. The molecule has 9 heteroatoms. The van der Waals surface area contributed by atoms with Crippen LogP contribution in [0.5, 0.6) is 0 Å². The predicted octanol–water partition coefficient (Wildman–Crippen LogP) is 1.87. The number of halogens is 1. The molecule has 0 aliphatic heterocycles. The van der Waals surface area contributed by atoms with E-state index in [2.05, 4.69) is 41.2 Å². The SMILES string of the molecule is CC(C)NCc1cn[nH]c1S(=O)(=O)Nc1ccncc1Br. The van der Waals surface area contributed by atoms with Crippen molar-refractivity contribution < 1.29 is 8.42 Å². The maximum atomic E-state index is 12.4. The van der Waals surface area contributed by atoms with Crippen LogP contribution < -0.4 is 10.0 Å². The van der Waals surface area contributed by atoms with E-state index in [9.17, 15) is 8.42 Å². The van der Waals surface area contributed by atoms with Crippen LogP contribution in [0, 0.1) is 0 Å². The maximum Gasteiger partial charge on any atom is 0.279 e. The summed E-state index contributed by atoms with van der Waals surface area (Å²) in [6, 6.07) is 1.82. The molecule has 0 amide bonds. The summed E-state index contributed by atoms with van der Waals surface area (Å²) >= 11 is 3.25. The first-order valence-corrected chi connectivity index (χ1v) is 8.55. The van der Waals surface area contributed by atoms with Crippen molar-refractivity contribution in [2.45, 2.75) is 31.5 Å². The zero-order valence-corrected chi connectivity index (χ0v) is 14.0. The van der Waals surface area contributed by atoms with Gasteiger partial charge in [-0.15, -0.1) is 0 Å². The number of pyridine rings is 1. The molecule has 0 fully saturated rings. The van der Waals surface area contributed by atoms with Crippen molar-refractivity contribution in [3.05, 3.63) is 34.7 Å². The first kappa shape index (κ1) is 15.9. The fraction of sp³-hybridized carbons (Fsp3) is 0.333. The molecule has 2 aromatic heterocycles. The largest absolute Gasteiger partial charge is 0.310 e. The second kappa shape index (κ2) is 6.54. The van der Waals surface area contributed by atoms with Crippen LogP contribution in [0.1, 0.15) is 19.4 Å². The van der Waals surface area contributed by atoms with Gasteiger partial charge in [0.05, 0.1) is 16.4 Å². The van der Waals surface area contributed by atoms with E-state index < -0.39 is 10.0 Å². The van der Waals surface area contributed by atoms with Crippen LogP contribution in [0.25, 0.3) is 0 Å². The van der Waals surface area contributed by atoms with Crippen molar-refractivity contribution in [1.29, 1.82) is 0 Å². The van der Waals surface area contributed by atoms with E-state index in [0.29, 0.717) is 22.3 Å². The van der Waals surface area contributed by atoms with Crippen LogP contribution in [0.4, 0.5) is 5.69 Å². The van der Waals surface area contributed by atoms with Gasteiger partial charge in [0.15, 0.2) is 5.03 Å². The second-order valence-corrected chi connectivity index (χ2v) is 7.19. The van der Waals surface area contributed by atoms with Crippen LogP contribution in [0.3, 0.4) is 0 Å². The molecule has 0 bridgehead atoms. The van der Waals surface area contributed by atoms with Gasteiger partial charge in [-0.2, -0.15) is 13.5 Å². The number of H-pyrrole nitrogens is 1. The summed E-state index contributed by atoms with van der Waals surface area (Å²) in [7, 11) is -3.74. The van der Waals surface area contributed by atoms with Gasteiger partial charge in [-0.1, -0.05) is 13.8 Å². The molecule has 0 saturated heterocycles. The molecule has 0 atom stereocenters. The minimum absolute atomic E-state index is 0.0550. The number of hydrogen-bond donors (Lipinski definition) is 3. The fourth-order valence-corrected chi connectivity index (χ4v) is 3.32. The molecule has 2 rings (SSSR count). The van der Waals surface area contributed by atoms with E-state index in [1.807, 2.05) is 13.8 Å². The van der Waals surface area contributed by atoms with E-state index in [1.54, 1.807) is 6.07 Å². The summed E-state index contributed by atoms with van der Waals surface area (Å²) in [4.78, 5) is 3.89. The maximum absolute atomic E-state index is 12.4. The molecule has 0 aliphatic carbocycles. The molecule has 2 aromatic rings. The Morgan fingerprint density at radius 3 is 2.81 bits per heavy atom. The molecule has 7 nitrogen and oxygen atoms in total. The smallest absolute Gasteiger partial charge is 0.279 e. The first-order chi connectivity index (χ1) is 9.90. The molecular weight excluding hydrogens is 358 g/mol. The Morgan fingerprint density at radius 1 is 1.38 bits per heavy atom. The van der Waals surface area contributed by atoms with E-state index in [4.69, 9.17) is 0 Å². The molecule has 2 heterocycles. The van der Waals surface area contributed by atoms with Crippen molar-refractivity contribution in [1.82, 2.24) is 20.5 Å². The number of rotatable bonds is 6. The topological polar surface area (TPSA) is 99.8 Å². The quantitative estimate of drug-likeness (QED) is 0.717. The Kier molecular flexibility index (Phi) is 4.96. The Labute approximate surface area is 131 Å². The lowest BCUT2D eigenvalue weighted by Gasteiger charge is -2.11. The van der Waals surface area contributed by atoms with E-state index >= 15 is 0 Å². The lowest BCUT2D eigenvalue weighted by molar-refractivity contribution is 0.574. The Hall–Kier alpha value is -1.45. The summed E-state index contributed by atoms with van der Waals surface area (Å²) < 4.78 is 27.9. The molecular formula is C12H16BrN5O2S. The zero-order chi connectivity index (χ0) is 15.5. The van der Waals surface area contributed by atoms with Crippen LogP contribution in [-0.2, 0) is 16.6 Å². The molecule has 21 heavy (non-hydrogen) atoms. The number of nitrogens with one attached hydrogen (secondary N) is 3. The molecule has 0 unspecified atom stereocenters. The van der Waals surface area contributed by atoms with Crippen molar-refractivity contribution in [2.75, 3.05) is 4.72 Å². The monoisotopic (exact) mass is 373 g/mol. The van der Waals surface area contributed by atoms with Crippen molar-refractivity contribution in [2.24, 2.45) is 0 Å². The minimum atomic E-state index is -3.74. The number of sulfonamides is 1. The normalized spacial score (nSPS) is 11.8. The third-order valence-corrected chi connectivity index (χ3v) is 4.68. The van der Waals surface area contributed by atoms with Crippen LogP contribution in [0.15, 0.2) is 34.2 Å². The van der Waals surface area contributed by atoms with Gasteiger partial charge in [0, 0.05) is 30.5 Å². The average molecular weight is 374 g/mol. The Balaban J connectivity index is 2.24. The summed E-state index contributed by atoms with van der Waals surface area (Å²) in [5.41, 5.74) is 1.00. The molecule has 0 spiro atoms. The average Bonchev–Trinajstić information content (AvgIpc) is 2.88. The predicted molar refractivity (Wildman–Crippen MR) is 83.3 cm³/mol. The molecule has 0 aliphatic rings. The van der Waals surface area contributed by atoms with Crippen molar-refractivity contribution in [3.8, 4) is 0 Å². The van der Waals surface area contributed by atoms with Crippen molar-refractivity contribution in [3.63, 3.8) is 0 Å². The van der Waals surface area contributed by atoms with Gasteiger partial charge in [-0.05, 0) is 22.0 Å². The molecule has 114 valence electrons. The van der Waals surface area contributed by atoms with Gasteiger partial charge in [-0.3, -0.25) is 14.8 Å². The highest BCUT2D eigenvalue weighted by Crippen LogP contribution is 2.24. The molecule has 0 saturated carbocycles. The van der Waals surface area contributed by atoms with Gasteiger partial charge < -0.3 is 5.32 Å². The Bertz CT molecular complexity index is 714. The van der Waals surface area contributed by atoms with Crippen LogP contribution >= 0.6 is 15.9 Å². The zero-order valence-electron chi connectivity index (χ0n) is 11.6. The number of aromatic amines is 1. The number of aromatic nitrogens is 3. The van der Waals surface area contributed by atoms with E-state index in [1.165, 1.54) is 18.6 Å². The summed E-state index contributed by atoms with van der Waals surface area (Å²) in [6.07, 6.45) is 4.54. The van der Waals surface area contributed by atoms with Gasteiger partial charge in [0.2, 0.25) is 0 Å². The van der Waals surface area contributed by atoms with Gasteiger partial charge >= 0.3 is 0 Å². The third-order valence-electron chi connectivity index (χ3n) is 2.66. The van der Waals surface area contributed by atoms with E-state index in [0.717, 1.165) is 0 Å². The van der Waals surface area contributed by atoms with Gasteiger partial charge in [0.1, 0.15) is 0 Å². The highest BCUT2D eigenvalue weighted by atomic mass is 79.9. The molecule has 3 N–H and O–H groups in total. The standard InChI is InChI=1S/C12H16BrN5O2S/c1-8(2)15-5-9-6-16-17-12(9)21(19,20)18-11-3-4-14-7-10(11)13/h3-4,6-8,15H,5H2,1-2H3,(H,14,18)(H,16,17). The minimum Gasteiger partial charge on any atom is -0.310 e. The van der Waals surface area contributed by atoms with Gasteiger partial charge in [0.25, 0.3) is 10.0 Å². The summed E-state index contributed by atoms with van der Waals surface area (Å²) in [5.74, 6) is 0. The third kappa shape index (κ3) is 4.02. The fourth-order valence-electron chi connectivity index (χ4n) is 1.63. The summed E-state index contributed by atoms with van der Waals surface area (Å²) in [5, 5.41) is 9.58. The van der Waals surface area contributed by atoms with E-state index in [-0.39, 0.29) is 11.1 Å². The number of nitrogens with zero attached hydrogens (tertiary/aromatic N) is 2. The van der Waals surface area contributed by atoms with Gasteiger partial charge in [-0.25, -0.2) is 0 Å². The van der Waals surface area contributed by atoms with Crippen molar-refractivity contribution >= 4 is 31.6 Å². The highest BCUT2D eigenvalue weighted by Gasteiger charge is 2.21. The molecule has 0 aromatic carbocycles. The molecule has 0 radical (unpaired) electrons. The van der Waals surface area contributed by atoms with Crippen LogP contribution in [0.2, 0.25) is 0 Å². The number of anilines is 1. The highest BCUT2D eigenvalue weighted by molar-refractivity contribution is 9.10. The lowest BCUT2D eigenvalue weighted by atomic mass is 10.3. The van der Waals surface area contributed by atoms with Crippen LogP contribution in [-0.4, -0.2) is 29.6 Å². The summed E-state index contributed by atoms with van der Waals surface area (Å²) in [6.45, 7) is 4.39. The first-order valence-electron chi connectivity index (χ1n) is 6.28. The lowest BCUT2D eigenvalue weighted by Crippen LogP contribution is -2.23. The number of hydrogen-bond acceptors (Lipinski definition) is 5. The Morgan fingerprint density at radius 2 is 2.14 bits per heavy atom.